The minimum atomic E-state index is -0.0252. The summed E-state index contributed by atoms with van der Waals surface area (Å²) in [6, 6.07) is 12.5. The molecular weight excluding hydrogens is 630 g/mol. The van der Waals surface area contributed by atoms with E-state index in [2.05, 4.69) is 88.7 Å². The van der Waals surface area contributed by atoms with Crippen LogP contribution in [0.4, 0.5) is 11.4 Å². The maximum atomic E-state index is 11.7. The van der Waals surface area contributed by atoms with E-state index in [1.165, 1.54) is 3.57 Å². The lowest BCUT2D eigenvalue weighted by molar-refractivity contribution is -0.115. The Balaban J connectivity index is 0.000000188. The lowest BCUT2D eigenvalue weighted by Gasteiger charge is -2.12. The number of anilines is 2. The summed E-state index contributed by atoms with van der Waals surface area (Å²) in [5.74, 6) is 0.0759. The average Bonchev–Trinajstić information content (AvgIpc) is 3.23. The van der Waals surface area contributed by atoms with Crippen LogP contribution in [0.25, 0.3) is 5.57 Å². The number of hydrogen-bond acceptors (Lipinski definition) is 4. The fraction of sp³-hybridized carbons (Fsp3) is 0.333. The Kier molecular flexibility index (Phi) is 9.96. The third-order valence-corrected chi connectivity index (χ3v) is 6.84. The van der Waals surface area contributed by atoms with E-state index in [9.17, 15) is 9.59 Å². The molecule has 2 N–H and O–H groups in total. The number of nitrogens with zero attached hydrogens (tertiary/aromatic N) is 2. The molecule has 2 aromatic carbocycles. The number of nitrogens with one attached hydrogen (secondary N) is 2. The first-order valence-corrected chi connectivity index (χ1v) is 12.4. The largest absolute Gasteiger partial charge is 0.383 e. The van der Waals surface area contributed by atoms with E-state index in [1.807, 2.05) is 61.6 Å². The molecule has 2 aromatic rings. The molecular formula is C24H30I2N4O2. The topological polar surface area (TPSA) is 64.7 Å². The van der Waals surface area contributed by atoms with Gasteiger partial charge in [-0.2, -0.15) is 0 Å². The van der Waals surface area contributed by atoms with Gasteiger partial charge in [0, 0.05) is 44.7 Å². The number of fused-ring (bicyclic) bond motifs is 2. The van der Waals surface area contributed by atoms with Gasteiger partial charge in [0.05, 0.1) is 17.7 Å². The number of carbonyl (C=O) groups excluding carboxylic acids is 2. The van der Waals surface area contributed by atoms with E-state index < -0.39 is 0 Å². The molecule has 0 aromatic heterocycles. The molecule has 2 aliphatic rings. The molecule has 0 aliphatic carbocycles. The Morgan fingerprint density at radius 2 is 1.47 bits per heavy atom. The lowest BCUT2D eigenvalue weighted by Crippen LogP contribution is -2.20. The van der Waals surface area contributed by atoms with Crippen LogP contribution in [0.15, 0.2) is 42.6 Å². The van der Waals surface area contributed by atoms with Gasteiger partial charge in [-0.05, 0) is 103 Å². The number of benzene rings is 2. The van der Waals surface area contributed by atoms with Gasteiger partial charge in [0.1, 0.15) is 0 Å². The third-order valence-electron chi connectivity index (χ3n) is 4.93. The first-order chi connectivity index (χ1) is 15.0. The summed E-state index contributed by atoms with van der Waals surface area (Å²) in [5, 5.41) is 5.65. The second-order valence-corrected chi connectivity index (χ2v) is 10.5. The van der Waals surface area contributed by atoms with Crippen LogP contribution < -0.4 is 10.6 Å². The van der Waals surface area contributed by atoms with Crippen molar-refractivity contribution in [3.8, 4) is 0 Å². The monoisotopic (exact) mass is 660 g/mol. The second kappa shape index (κ2) is 12.0. The van der Waals surface area contributed by atoms with E-state index >= 15 is 0 Å². The van der Waals surface area contributed by atoms with Gasteiger partial charge in [0.15, 0.2) is 0 Å². The Morgan fingerprint density at radius 3 is 2.00 bits per heavy atom. The van der Waals surface area contributed by atoms with Crippen LogP contribution in [0.2, 0.25) is 0 Å². The number of halogens is 2. The van der Waals surface area contributed by atoms with E-state index in [0.717, 1.165) is 31.6 Å². The maximum Gasteiger partial charge on any atom is 0.257 e. The highest BCUT2D eigenvalue weighted by atomic mass is 127. The van der Waals surface area contributed by atoms with Gasteiger partial charge in [-0.3, -0.25) is 9.59 Å². The van der Waals surface area contributed by atoms with Crippen molar-refractivity contribution in [1.82, 2.24) is 9.80 Å². The lowest BCUT2D eigenvalue weighted by atomic mass is 10.1. The molecule has 0 radical (unpaired) electrons. The highest BCUT2D eigenvalue weighted by Crippen LogP contribution is 2.35. The summed E-state index contributed by atoms with van der Waals surface area (Å²) in [5.41, 5.74) is 4.76. The zero-order valence-electron chi connectivity index (χ0n) is 19.3. The van der Waals surface area contributed by atoms with Gasteiger partial charge in [-0.25, -0.2) is 0 Å². The standard InChI is InChI=1S/C11H11IN2O.C8H6INO.C5H13N/c1-14(2)6-7-10-8(12)4-3-5-9(10)13-11(7)15;9-6-2-1-3-7-5(6)4-8(11)10-7;1-5(2)6(3)4/h3-6H,1-2H3,(H,13,15);1-3H,4H2,(H,10,11);5H,1-4H3/b7-6-;;. The van der Waals surface area contributed by atoms with Crippen molar-refractivity contribution in [3.05, 3.63) is 60.9 Å². The van der Waals surface area contributed by atoms with Crippen molar-refractivity contribution in [2.45, 2.75) is 26.3 Å². The van der Waals surface area contributed by atoms with Gasteiger partial charge in [0.2, 0.25) is 5.91 Å². The van der Waals surface area contributed by atoms with Gasteiger partial charge < -0.3 is 20.4 Å². The van der Waals surface area contributed by atoms with Crippen LogP contribution in [0.3, 0.4) is 0 Å². The Hall–Kier alpha value is -1.66. The number of carbonyl (C=O) groups is 2. The predicted molar refractivity (Wildman–Crippen MR) is 150 cm³/mol. The molecule has 0 saturated heterocycles. The molecule has 8 heteroatoms. The van der Waals surface area contributed by atoms with Gasteiger partial charge in [-0.1, -0.05) is 12.1 Å². The van der Waals surface area contributed by atoms with Crippen molar-refractivity contribution < 1.29 is 9.59 Å². The quantitative estimate of drug-likeness (QED) is 0.356. The van der Waals surface area contributed by atoms with Crippen molar-refractivity contribution in [2.24, 2.45) is 0 Å². The van der Waals surface area contributed by atoms with E-state index in [4.69, 9.17) is 0 Å². The van der Waals surface area contributed by atoms with Crippen LogP contribution in [-0.2, 0) is 16.0 Å². The van der Waals surface area contributed by atoms with Crippen molar-refractivity contribution in [1.29, 1.82) is 0 Å². The van der Waals surface area contributed by atoms with E-state index in [-0.39, 0.29) is 11.8 Å². The van der Waals surface area contributed by atoms with Crippen LogP contribution in [0, 0.1) is 7.14 Å². The molecule has 0 saturated carbocycles. The Bertz CT molecular complexity index is 1010. The van der Waals surface area contributed by atoms with Crippen molar-refractivity contribution in [2.75, 3.05) is 38.8 Å². The second-order valence-electron chi connectivity index (χ2n) is 8.17. The maximum absolute atomic E-state index is 11.7. The summed E-state index contributed by atoms with van der Waals surface area (Å²) in [4.78, 5) is 26.7. The zero-order chi connectivity index (χ0) is 24.0. The number of hydrogen-bond donors (Lipinski definition) is 2. The molecule has 0 atom stereocenters. The minimum absolute atomic E-state index is 0.0252. The normalized spacial score (nSPS) is 14.8. The SMILES string of the molecule is CC(C)N(C)C.CN(C)/C=C1\C(=O)Nc2cccc(I)c21.O=C1Cc2c(I)cccc2N1. The fourth-order valence-electron chi connectivity index (χ4n) is 2.80. The Labute approximate surface area is 218 Å². The first-order valence-electron chi connectivity index (χ1n) is 10.2. The molecule has 2 amide bonds. The molecule has 2 heterocycles. The van der Waals surface area contributed by atoms with Gasteiger partial charge in [0.25, 0.3) is 5.91 Å². The van der Waals surface area contributed by atoms with E-state index in [0.29, 0.717) is 12.5 Å². The summed E-state index contributed by atoms with van der Waals surface area (Å²) < 4.78 is 2.26. The zero-order valence-corrected chi connectivity index (χ0v) is 23.6. The molecule has 0 bridgehead atoms. The fourth-order valence-corrected chi connectivity index (χ4v) is 4.27. The number of rotatable bonds is 2. The molecule has 2 aliphatic heterocycles. The number of amides is 2. The summed E-state index contributed by atoms with van der Waals surface area (Å²) in [6.07, 6.45) is 2.39. The smallest absolute Gasteiger partial charge is 0.257 e. The van der Waals surface area contributed by atoms with Crippen LogP contribution in [0.1, 0.15) is 25.0 Å². The summed E-state index contributed by atoms with van der Waals surface area (Å²) in [7, 11) is 7.97. The van der Waals surface area contributed by atoms with Crippen molar-refractivity contribution >= 4 is 73.9 Å². The average molecular weight is 660 g/mol. The van der Waals surface area contributed by atoms with E-state index in [1.54, 1.807) is 0 Å². The molecule has 0 fully saturated rings. The molecule has 0 unspecified atom stereocenters. The van der Waals surface area contributed by atoms with Crippen molar-refractivity contribution in [3.63, 3.8) is 0 Å². The van der Waals surface area contributed by atoms with Crippen LogP contribution in [-0.4, -0.2) is 55.8 Å². The minimum Gasteiger partial charge on any atom is -0.383 e. The van der Waals surface area contributed by atoms with Gasteiger partial charge >= 0.3 is 0 Å². The molecule has 6 nitrogen and oxygen atoms in total. The predicted octanol–water partition coefficient (Wildman–Crippen LogP) is 4.89. The summed E-state index contributed by atoms with van der Waals surface area (Å²) >= 11 is 4.49. The third kappa shape index (κ3) is 7.17. The first kappa shape index (κ1) is 26.6. The Morgan fingerprint density at radius 1 is 0.906 bits per heavy atom. The molecule has 32 heavy (non-hydrogen) atoms. The molecule has 4 rings (SSSR count). The summed E-state index contributed by atoms with van der Waals surface area (Å²) in [6.45, 7) is 4.33. The molecule has 0 spiro atoms. The van der Waals surface area contributed by atoms with Gasteiger partial charge in [-0.15, -0.1) is 0 Å². The highest BCUT2D eigenvalue weighted by molar-refractivity contribution is 14.1. The highest BCUT2D eigenvalue weighted by Gasteiger charge is 2.26. The van der Waals surface area contributed by atoms with Crippen LogP contribution >= 0.6 is 45.2 Å². The molecule has 172 valence electrons. The van der Waals surface area contributed by atoms with Crippen LogP contribution in [0.5, 0.6) is 0 Å².